The van der Waals surface area contributed by atoms with Crippen molar-refractivity contribution in [3.8, 4) is 5.69 Å². The third kappa shape index (κ3) is 3.47. The molecule has 0 N–H and O–H groups in total. The van der Waals surface area contributed by atoms with Crippen LogP contribution < -0.4 is 9.80 Å². The van der Waals surface area contributed by atoms with Crippen molar-refractivity contribution in [2.45, 2.75) is 20.4 Å². The van der Waals surface area contributed by atoms with Crippen molar-refractivity contribution in [1.82, 2.24) is 19.7 Å². The SMILES string of the molecule is Cc1nn(-c2ccccc2)c(C)c1CN(C)c1ccnc(N(C)C)n1. The van der Waals surface area contributed by atoms with Crippen LogP contribution in [0.4, 0.5) is 11.8 Å². The number of para-hydroxylation sites is 1. The van der Waals surface area contributed by atoms with Gasteiger partial charge < -0.3 is 9.80 Å². The Labute approximate surface area is 148 Å². The Morgan fingerprint density at radius 3 is 2.40 bits per heavy atom. The number of aromatic nitrogens is 4. The zero-order valence-corrected chi connectivity index (χ0v) is 15.4. The third-order valence-corrected chi connectivity index (χ3v) is 4.26. The summed E-state index contributed by atoms with van der Waals surface area (Å²) in [6, 6.07) is 12.1. The number of aryl methyl sites for hydroxylation is 1. The molecule has 0 amide bonds. The van der Waals surface area contributed by atoms with Crippen LogP contribution in [-0.2, 0) is 6.54 Å². The van der Waals surface area contributed by atoms with Gasteiger partial charge >= 0.3 is 0 Å². The van der Waals surface area contributed by atoms with Crippen molar-refractivity contribution in [3.05, 3.63) is 59.5 Å². The first kappa shape index (κ1) is 17.0. The van der Waals surface area contributed by atoms with E-state index in [1.165, 1.54) is 5.56 Å². The van der Waals surface area contributed by atoms with E-state index in [2.05, 4.69) is 40.8 Å². The summed E-state index contributed by atoms with van der Waals surface area (Å²) in [4.78, 5) is 12.9. The molecule has 0 saturated carbocycles. The van der Waals surface area contributed by atoms with Crippen molar-refractivity contribution in [3.63, 3.8) is 0 Å². The number of rotatable bonds is 5. The lowest BCUT2D eigenvalue weighted by Gasteiger charge is -2.20. The van der Waals surface area contributed by atoms with Crippen molar-refractivity contribution < 1.29 is 0 Å². The Kier molecular flexibility index (Phi) is 4.70. The summed E-state index contributed by atoms with van der Waals surface area (Å²) in [5, 5.41) is 4.72. The normalized spacial score (nSPS) is 10.8. The average Bonchev–Trinajstić information content (AvgIpc) is 2.90. The van der Waals surface area contributed by atoms with Crippen LogP contribution in [0.1, 0.15) is 17.0 Å². The lowest BCUT2D eigenvalue weighted by atomic mass is 10.2. The van der Waals surface area contributed by atoms with E-state index in [9.17, 15) is 0 Å². The third-order valence-electron chi connectivity index (χ3n) is 4.26. The molecule has 0 spiro atoms. The van der Waals surface area contributed by atoms with E-state index in [0.29, 0.717) is 5.95 Å². The smallest absolute Gasteiger partial charge is 0.226 e. The Morgan fingerprint density at radius 1 is 1.00 bits per heavy atom. The summed E-state index contributed by atoms with van der Waals surface area (Å²) in [7, 11) is 5.93. The minimum absolute atomic E-state index is 0.706. The van der Waals surface area contributed by atoms with E-state index in [4.69, 9.17) is 5.10 Å². The summed E-state index contributed by atoms with van der Waals surface area (Å²) in [6.07, 6.45) is 1.79. The topological polar surface area (TPSA) is 50.1 Å². The molecule has 130 valence electrons. The van der Waals surface area contributed by atoms with Gasteiger partial charge in [0.05, 0.1) is 11.4 Å². The maximum absolute atomic E-state index is 4.72. The van der Waals surface area contributed by atoms with Crippen LogP contribution in [-0.4, -0.2) is 40.9 Å². The molecule has 0 fully saturated rings. The van der Waals surface area contributed by atoms with Crippen LogP contribution in [0, 0.1) is 13.8 Å². The van der Waals surface area contributed by atoms with Gasteiger partial charge in [-0.05, 0) is 32.0 Å². The van der Waals surface area contributed by atoms with Gasteiger partial charge in [0.25, 0.3) is 0 Å². The van der Waals surface area contributed by atoms with Crippen molar-refractivity contribution >= 4 is 11.8 Å². The average molecular weight is 336 g/mol. The second-order valence-corrected chi connectivity index (χ2v) is 6.36. The fraction of sp³-hybridized carbons (Fsp3) is 0.316. The molecule has 0 atom stereocenters. The van der Waals surface area contributed by atoms with E-state index < -0.39 is 0 Å². The highest BCUT2D eigenvalue weighted by molar-refractivity contribution is 5.45. The Hall–Kier alpha value is -2.89. The van der Waals surface area contributed by atoms with Crippen LogP contribution in [0.3, 0.4) is 0 Å². The largest absolute Gasteiger partial charge is 0.355 e. The van der Waals surface area contributed by atoms with Gasteiger partial charge in [-0.1, -0.05) is 18.2 Å². The minimum atomic E-state index is 0.706. The number of hydrogen-bond donors (Lipinski definition) is 0. The predicted molar refractivity (Wildman–Crippen MR) is 102 cm³/mol. The van der Waals surface area contributed by atoms with Gasteiger partial charge in [0.15, 0.2) is 0 Å². The molecule has 3 aromatic rings. The molecule has 2 heterocycles. The number of anilines is 2. The number of nitrogens with zero attached hydrogens (tertiary/aromatic N) is 6. The molecule has 3 rings (SSSR count). The second-order valence-electron chi connectivity index (χ2n) is 6.36. The molecule has 0 bridgehead atoms. The molecule has 2 aromatic heterocycles. The first-order valence-electron chi connectivity index (χ1n) is 8.29. The van der Waals surface area contributed by atoms with E-state index in [1.54, 1.807) is 6.20 Å². The molecular formula is C19H24N6. The standard InChI is InChI=1S/C19H24N6/c1-14-17(15(2)25(22-14)16-9-7-6-8-10-16)13-24(5)18-11-12-20-19(21-18)23(3)4/h6-12H,13H2,1-5H3. The minimum Gasteiger partial charge on any atom is -0.355 e. The lowest BCUT2D eigenvalue weighted by molar-refractivity contribution is 0.829. The Bertz CT molecular complexity index is 854. The van der Waals surface area contributed by atoms with Crippen LogP contribution in [0.15, 0.2) is 42.6 Å². The number of hydrogen-bond acceptors (Lipinski definition) is 5. The fourth-order valence-electron chi connectivity index (χ4n) is 2.81. The molecule has 0 saturated heterocycles. The van der Waals surface area contributed by atoms with Gasteiger partial charge in [0.1, 0.15) is 5.82 Å². The fourth-order valence-corrected chi connectivity index (χ4v) is 2.81. The van der Waals surface area contributed by atoms with Crippen LogP contribution in [0.2, 0.25) is 0 Å². The summed E-state index contributed by atoms with van der Waals surface area (Å²) in [5.41, 5.74) is 4.48. The molecule has 6 heteroatoms. The van der Waals surface area contributed by atoms with Gasteiger partial charge in [0.2, 0.25) is 5.95 Å². The Balaban J connectivity index is 1.88. The second kappa shape index (κ2) is 6.93. The molecule has 0 radical (unpaired) electrons. The molecule has 0 unspecified atom stereocenters. The van der Waals surface area contributed by atoms with Gasteiger partial charge in [-0.2, -0.15) is 10.1 Å². The highest BCUT2D eigenvalue weighted by Crippen LogP contribution is 2.21. The van der Waals surface area contributed by atoms with Crippen LogP contribution >= 0.6 is 0 Å². The maximum Gasteiger partial charge on any atom is 0.226 e. The van der Waals surface area contributed by atoms with Crippen LogP contribution in [0.5, 0.6) is 0 Å². The molecule has 0 aliphatic heterocycles. The maximum atomic E-state index is 4.72. The molecule has 1 aromatic carbocycles. The molecular weight excluding hydrogens is 312 g/mol. The van der Waals surface area contributed by atoms with Crippen LogP contribution in [0.25, 0.3) is 5.69 Å². The zero-order valence-electron chi connectivity index (χ0n) is 15.4. The van der Waals surface area contributed by atoms with E-state index in [0.717, 1.165) is 29.4 Å². The monoisotopic (exact) mass is 336 g/mol. The first-order valence-corrected chi connectivity index (χ1v) is 8.29. The quantitative estimate of drug-likeness (QED) is 0.717. The van der Waals surface area contributed by atoms with Crippen molar-refractivity contribution in [1.29, 1.82) is 0 Å². The summed E-state index contributed by atoms with van der Waals surface area (Å²) in [5.74, 6) is 1.60. The van der Waals surface area contributed by atoms with Crippen molar-refractivity contribution in [2.75, 3.05) is 30.9 Å². The summed E-state index contributed by atoms with van der Waals surface area (Å²) in [6.45, 7) is 4.91. The highest BCUT2D eigenvalue weighted by Gasteiger charge is 2.15. The van der Waals surface area contributed by atoms with E-state index >= 15 is 0 Å². The molecule has 6 nitrogen and oxygen atoms in total. The summed E-state index contributed by atoms with van der Waals surface area (Å²) >= 11 is 0. The van der Waals surface area contributed by atoms with Gasteiger partial charge in [0, 0.05) is 45.1 Å². The Morgan fingerprint density at radius 2 is 1.72 bits per heavy atom. The van der Waals surface area contributed by atoms with Crippen molar-refractivity contribution in [2.24, 2.45) is 0 Å². The molecule has 0 aliphatic rings. The highest BCUT2D eigenvalue weighted by atomic mass is 15.3. The predicted octanol–water partition coefficient (Wildman–Crippen LogP) is 2.98. The van der Waals surface area contributed by atoms with Gasteiger partial charge in [-0.3, -0.25) is 0 Å². The summed E-state index contributed by atoms with van der Waals surface area (Å²) < 4.78 is 2.00. The first-order chi connectivity index (χ1) is 12.0. The number of benzene rings is 1. The van der Waals surface area contributed by atoms with E-state index in [1.807, 2.05) is 55.0 Å². The lowest BCUT2D eigenvalue weighted by Crippen LogP contribution is -2.20. The molecule has 25 heavy (non-hydrogen) atoms. The molecule has 0 aliphatic carbocycles. The zero-order chi connectivity index (χ0) is 18.0. The van der Waals surface area contributed by atoms with Gasteiger partial charge in [-0.15, -0.1) is 0 Å². The van der Waals surface area contributed by atoms with E-state index in [-0.39, 0.29) is 0 Å². The van der Waals surface area contributed by atoms with Gasteiger partial charge in [-0.25, -0.2) is 9.67 Å².